The molecule has 0 atom stereocenters. The Balaban J connectivity index is 2.27. The van der Waals surface area contributed by atoms with Gasteiger partial charge in [-0.1, -0.05) is 22.0 Å². The zero-order chi connectivity index (χ0) is 12.0. The molecule has 0 bridgehead atoms. The van der Waals surface area contributed by atoms with Gasteiger partial charge < -0.3 is 15.2 Å². The minimum atomic E-state index is 0.251. The summed E-state index contributed by atoms with van der Waals surface area (Å²) in [5.41, 5.74) is 7.60. The Kier molecular flexibility index (Phi) is 5.80. The smallest absolute Gasteiger partial charge is 0.0738 e. The highest BCUT2D eigenvalue weighted by Crippen LogP contribution is 2.19. The zero-order valence-corrected chi connectivity index (χ0v) is 11.3. The van der Waals surface area contributed by atoms with Crippen molar-refractivity contribution in [3.63, 3.8) is 0 Å². The molecule has 0 amide bonds. The van der Waals surface area contributed by atoms with Crippen LogP contribution in [0, 0.1) is 0 Å². The monoisotopic (exact) mass is 287 g/mol. The van der Waals surface area contributed by atoms with Crippen molar-refractivity contribution in [2.24, 2.45) is 0 Å². The summed E-state index contributed by atoms with van der Waals surface area (Å²) < 4.78 is 11.8. The van der Waals surface area contributed by atoms with Crippen LogP contribution in [0.3, 0.4) is 0 Å². The number of hydrogen-bond acceptors (Lipinski definition) is 3. The van der Waals surface area contributed by atoms with E-state index in [1.807, 2.05) is 32.0 Å². The largest absolute Gasteiger partial charge is 0.398 e. The minimum Gasteiger partial charge on any atom is -0.398 e. The SMILES string of the molecule is CC(C)OCCOCc1ccc(Br)cc1N. The third-order valence-corrected chi connectivity index (χ3v) is 2.54. The highest BCUT2D eigenvalue weighted by molar-refractivity contribution is 9.10. The summed E-state index contributed by atoms with van der Waals surface area (Å²) in [4.78, 5) is 0. The lowest BCUT2D eigenvalue weighted by Gasteiger charge is -2.09. The Morgan fingerprint density at radius 1 is 1.31 bits per heavy atom. The predicted octanol–water partition coefficient (Wildman–Crippen LogP) is 2.97. The van der Waals surface area contributed by atoms with Gasteiger partial charge in [0.25, 0.3) is 0 Å². The van der Waals surface area contributed by atoms with E-state index in [1.54, 1.807) is 0 Å². The van der Waals surface area contributed by atoms with Gasteiger partial charge in [-0.3, -0.25) is 0 Å². The first-order valence-electron chi connectivity index (χ1n) is 5.33. The molecule has 16 heavy (non-hydrogen) atoms. The van der Waals surface area contributed by atoms with Crippen molar-refractivity contribution in [2.75, 3.05) is 18.9 Å². The van der Waals surface area contributed by atoms with Crippen molar-refractivity contribution in [1.82, 2.24) is 0 Å². The summed E-state index contributed by atoms with van der Waals surface area (Å²) >= 11 is 3.36. The second kappa shape index (κ2) is 6.89. The van der Waals surface area contributed by atoms with Gasteiger partial charge in [-0.2, -0.15) is 0 Å². The van der Waals surface area contributed by atoms with Gasteiger partial charge in [-0.05, 0) is 26.0 Å². The fourth-order valence-electron chi connectivity index (χ4n) is 1.22. The third-order valence-electron chi connectivity index (χ3n) is 2.04. The molecular weight excluding hydrogens is 270 g/mol. The van der Waals surface area contributed by atoms with E-state index in [2.05, 4.69) is 15.9 Å². The molecule has 90 valence electrons. The lowest BCUT2D eigenvalue weighted by Crippen LogP contribution is -2.09. The molecule has 0 saturated carbocycles. The van der Waals surface area contributed by atoms with Gasteiger partial charge in [-0.25, -0.2) is 0 Å². The molecule has 0 aliphatic heterocycles. The first kappa shape index (κ1) is 13.5. The molecule has 0 aromatic heterocycles. The number of hydrogen-bond donors (Lipinski definition) is 1. The summed E-state index contributed by atoms with van der Waals surface area (Å²) in [6, 6.07) is 5.80. The number of nitrogen functional groups attached to an aromatic ring is 1. The van der Waals surface area contributed by atoms with Crippen LogP contribution in [0.5, 0.6) is 0 Å². The van der Waals surface area contributed by atoms with E-state index in [-0.39, 0.29) is 6.10 Å². The van der Waals surface area contributed by atoms with E-state index in [9.17, 15) is 0 Å². The first-order chi connectivity index (χ1) is 7.59. The lowest BCUT2D eigenvalue weighted by molar-refractivity contribution is 0.0144. The van der Waals surface area contributed by atoms with Crippen molar-refractivity contribution < 1.29 is 9.47 Å². The molecule has 0 fully saturated rings. The van der Waals surface area contributed by atoms with Crippen LogP contribution in [0.2, 0.25) is 0 Å². The third kappa shape index (κ3) is 4.96. The van der Waals surface area contributed by atoms with Crippen LogP contribution in [0.1, 0.15) is 19.4 Å². The second-order valence-electron chi connectivity index (χ2n) is 3.82. The highest BCUT2D eigenvalue weighted by atomic mass is 79.9. The van der Waals surface area contributed by atoms with Crippen LogP contribution in [0.25, 0.3) is 0 Å². The number of anilines is 1. The topological polar surface area (TPSA) is 44.5 Å². The highest BCUT2D eigenvalue weighted by Gasteiger charge is 2.00. The van der Waals surface area contributed by atoms with E-state index < -0.39 is 0 Å². The number of rotatable bonds is 6. The summed E-state index contributed by atoms with van der Waals surface area (Å²) in [5, 5.41) is 0. The van der Waals surface area contributed by atoms with Gasteiger partial charge in [0.2, 0.25) is 0 Å². The maximum atomic E-state index is 5.84. The summed E-state index contributed by atoms with van der Waals surface area (Å²) in [6.45, 7) is 5.75. The fraction of sp³-hybridized carbons (Fsp3) is 0.500. The van der Waals surface area contributed by atoms with Crippen molar-refractivity contribution in [2.45, 2.75) is 26.6 Å². The summed E-state index contributed by atoms with van der Waals surface area (Å²) in [6.07, 6.45) is 0.251. The molecule has 1 rings (SSSR count). The van der Waals surface area contributed by atoms with Gasteiger partial charge in [-0.15, -0.1) is 0 Å². The molecule has 0 radical (unpaired) electrons. The average Bonchev–Trinajstić information content (AvgIpc) is 2.20. The maximum Gasteiger partial charge on any atom is 0.0738 e. The molecule has 1 aromatic carbocycles. The van der Waals surface area contributed by atoms with Gasteiger partial charge in [0.1, 0.15) is 0 Å². The summed E-state index contributed by atoms with van der Waals surface area (Å²) in [7, 11) is 0. The summed E-state index contributed by atoms with van der Waals surface area (Å²) in [5.74, 6) is 0. The molecule has 3 nitrogen and oxygen atoms in total. The first-order valence-corrected chi connectivity index (χ1v) is 6.12. The Bertz CT molecular complexity index is 329. The number of ether oxygens (including phenoxy) is 2. The van der Waals surface area contributed by atoms with Crippen LogP contribution in [0.4, 0.5) is 5.69 Å². The predicted molar refractivity (Wildman–Crippen MR) is 69.3 cm³/mol. The molecule has 2 N–H and O–H groups in total. The maximum absolute atomic E-state index is 5.84. The molecule has 0 aliphatic rings. The van der Waals surface area contributed by atoms with E-state index in [4.69, 9.17) is 15.2 Å². The van der Waals surface area contributed by atoms with Crippen molar-refractivity contribution in [3.05, 3.63) is 28.2 Å². The molecule has 4 heteroatoms. The number of halogens is 1. The van der Waals surface area contributed by atoms with Crippen molar-refractivity contribution >= 4 is 21.6 Å². The molecular formula is C12H18BrNO2. The lowest BCUT2D eigenvalue weighted by atomic mass is 10.2. The Morgan fingerprint density at radius 2 is 2.06 bits per heavy atom. The zero-order valence-electron chi connectivity index (χ0n) is 9.70. The van der Waals surface area contributed by atoms with Crippen molar-refractivity contribution in [3.8, 4) is 0 Å². The fourth-order valence-corrected chi connectivity index (χ4v) is 1.60. The molecule has 0 heterocycles. The van der Waals surface area contributed by atoms with Gasteiger partial charge in [0.15, 0.2) is 0 Å². The number of benzene rings is 1. The van der Waals surface area contributed by atoms with Crippen LogP contribution < -0.4 is 5.73 Å². The van der Waals surface area contributed by atoms with Gasteiger partial charge in [0.05, 0.1) is 25.9 Å². The van der Waals surface area contributed by atoms with E-state index in [0.717, 1.165) is 15.7 Å². The molecule has 0 aliphatic carbocycles. The van der Waals surface area contributed by atoms with E-state index in [0.29, 0.717) is 19.8 Å². The Hall–Kier alpha value is -0.580. The normalized spacial score (nSPS) is 11.0. The van der Waals surface area contributed by atoms with E-state index >= 15 is 0 Å². The average molecular weight is 288 g/mol. The molecule has 0 saturated heterocycles. The minimum absolute atomic E-state index is 0.251. The van der Waals surface area contributed by atoms with Gasteiger partial charge in [0, 0.05) is 15.7 Å². The standard InChI is InChI=1S/C12H18BrNO2/c1-9(2)16-6-5-15-8-10-3-4-11(13)7-12(10)14/h3-4,7,9H,5-6,8,14H2,1-2H3. The van der Waals surface area contributed by atoms with Crippen LogP contribution >= 0.6 is 15.9 Å². The quantitative estimate of drug-likeness (QED) is 0.646. The molecule has 1 aromatic rings. The molecule has 0 unspecified atom stereocenters. The van der Waals surface area contributed by atoms with E-state index in [1.165, 1.54) is 0 Å². The number of nitrogens with two attached hydrogens (primary N) is 1. The van der Waals surface area contributed by atoms with Gasteiger partial charge >= 0.3 is 0 Å². The Morgan fingerprint density at radius 3 is 2.69 bits per heavy atom. The van der Waals surface area contributed by atoms with Crippen LogP contribution in [-0.4, -0.2) is 19.3 Å². The second-order valence-corrected chi connectivity index (χ2v) is 4.73. The van der Waals surface area contributed by atoms with Crippen LogP contribution in [-0.2, 0) is 16.1 Å². The van der Waals surface area contributed by atoms with Crippen molar-refractivity contribution in [1.29, 1.82) is 0 Å². The molecule has 0 spiro atoms. The van der Waals surface area contributed by atoms with Crippen LogP contribution in [0.15, 0.2) is 22.7 Å². The Labute approximate surface area is 105 Å².